The maximum Gasteiger partial charge on any atom is 0.186 e. The molecule has 1 atom stereocenters. The van der Waals surface area contributed by atoms with Gasteiger partial charge in [0.15, 0.2) is 5.78 Å². The Morgan fingerprint density at radius 1 is 1.36 bits per heavy atom. The molecule has 22 heavy (non-hydrogen) atoms. The van der Waals surface area contributed by atoms with Crippen LogP contribution in [0.3, 0.4) is 0 Å². The Bertz CT molecular complexity index is 721. The van der Waals surface area contributed by atoms with Crippen LogP contribution in [0, 0.1) is 5.41 Å². The number of allylic oxidation sites excluding steroid dienone is 1. The van der Waals surface area contributed by atoms with Crippen LogP contribution in [0.2, 0.25) is 0 Å². The maximum atomic E-state index is 12.5. The second kappa shape index (κ2) is 6.46. The second-order valence-corrected chi connectivity index (χ2v) is 6.65. The molecule has 1 aliphatic heterocycles. The smallest absolute Gasteiger partial charge is 0.186 e. The van der Waals surface area contributed by atoms with Crippen LogP contribution in [-0.4, -0.2) is 22.4 Å². The molecule has 1 aromatic carbocycles. The van der Waals surface area contributed by atoms with Crippen molar-refractivity contribution < 1.29 is 9.53 Å². The molecule has 0 radical (unpaired) electrons. The first-order valence-electron chi connectivity index (χ1n) is 6.83. The van der Waals surface area contributed by atoms with Crippen molar-refractivity contribution in [1.29, 1.82) is 5.41 Å². The Kier molecular flexibility index (Phi) is 4.40. The fourth-order valence-electron chi connectivity index (χ4n) is 2.17. The van der Waals surface area contributed by atoms with E-state index in [1.165, 1.54) is 23.1 Å². The van der Waals surface area contributed by atoms with Crippen molar-refractivity contribution in [1.82, 2.24) is 4.98 Å². The SMILES string of the molecule is CCOc1ccc(C=C2SC(=N)C(c3nccs3)C2=O)cc1. The lowest BCUT2D eigenvalue weighted by Gasteiger charge is -2.03. The molecular formula is C16H14N2O2S2. The van der Waals surface area contributed by atoms with Crippen LogP contribution in [0.15, 0.2) is 40.7 Å². The van der Waals surface area contributed by atoms with Crippen LogP contribution in [0.5, 0.6) is 5.75 Å². The molecule has 1 aliphatic rings. The van der Waals surface area contributed by atoms with Crippen molar-refractivity contribution in [2.24, 2.45) is 0 Å². The fraction of sp³-hybridized carbons (Fsp3) is 0.188. The predicted octanol–water partition coefficient (Wildman–Crippen LogP) is 3.96. The van der Waals surface area contributed by atoms with E-state index in [1.54, 1.807) is 6.20 Å². The number of aromatic nitrogens is 1. The first kappa shape index (κ1) is 15.0. The first-order chi connectivity index (χ1) is 10.7. The van der Waals surface area contributed by atoms with Gasteiger partial charge in [0.05, 0.1) is 16.6 Å². The van der Waals surface area contributed by atoms with Crippen molar-refractivity contribution in [2.75, 3.05) is 6.61 Å². The topological polar surface area (TPSA) is 63.0 Å². The highest BCUT2D eigenvalue weighted by molar-refractivity contribution is 8.19. The van der Waals surface area contributed by atoms with Crippen LogP contribution in [0.25, 0.3) is 6.08 Å². The second-order valence-electron chi connectivity index (χ2n) is 4.64. The number of ketones is 1. The highest BCUT2D eigenvalue weighted by atomic mass is 32.2. The number of carbonyl (C=O) groups is 1. The molecule has 1 unspecified atom stereocenters. The third-order valence-electron chi connectivity index (χ3n) is 3.17. The highest BCUT2D eigenvalue weighted by Crippen LogP contribution is 2.41. The average molecular weight is 330 g/mol. The van der Waals surface area contributed by atoms with Crippen LogP contribution in [-0.2, 0) is 4.79 Å². The van der Waals surface area contributed by atoms with E-state index in [2.05, 4.69) is 4.98 Å². The summed E-state index contributed by atoms with van der Waals surface area (Å²) >= 11 is 2.63. The summed E-state index contributed by atoms with van der Waals surface area (Å²) in [5.74, 6) is 0.237. The minimum atomic E-state index is -0.529. The van der Waals surface area contributed by atoms with Gasteiger partial charge in [-0.2, -0.15) is 0 Å². The van der Waals surface area contributed by atoms with Crippen LogP contribution in [0.4, 0.5) is 0 Å². The Morgan fingerprint density at radius 2 is 2.14 bits per heavy atom. The van der Waals surface area contributed by atoms with E-state index >= 15 is 0 Å². The summed E-state index contributed by atoms with van der Waals surface area (Å²) in [4.78, 5) is 17.3. The van der Waals surface area contributed by atoms with E-state index in [-0.39, 0.29) is 5.78 Å². The van der Waals surface area contributed by atoms with Gasteiger partial charge in [0.2, 0.25) is 0 Å². The fourth-order valence-corrected chi connectivity index (χ4v) is 3.97. The van der Waals surface area contributed by atoms with Gasteiger partial charge in [-0.1, -0.05) is 23.9 Å². The van der Waals surface area contributed by atoms with Gasteiger partial charge < -0.3 is 4.74 Å². The summed E-state index contributed by atoms with van der Waals surface area (Å²) in [5.41, 5.74) is 0.923. The molecule has 0 aliphatic carbocycles. The number of hydrogen-bond acceptors (Lipinski definition) is 6. The van der Waals surface area contributed by atoms with Gasteiger partial charge in [0.25, 0.3) is 0 Å². The predicted molar refractivity (Wildman–Crippen MR) is 90.8 cm³/mol. The number of carbonyl (C=O) groups excluding carboxylic acids is 1. The van der Waals surface area contributed by atoms with Crippen molar-refractivity contribution in [3.8, 4) is 5.75 Å². The van der Waals surface area contributed by atoms with Gasteiger partial charge in [-0.3, -0.25) is 10.2 Å². The number of nitrogens with one attached hydrogen (secondary N) is 1. The van der Waals surface area contributed by atoms with E-state index in [1.807, 2.05) is 42.6 Å². The Morgan fingerprint density at radius 3 is 2.77 bits per heavy atom. The molecule has 2 heterocycles. The summed E-state index contributed by atoms with van der Waals surface area (Å²) < 4.78 is 5.40. The molecule has 2 aromatic rings. The number of Topliss-reactive ketones (excluding diaryl/α,β-unsaturated/α-hetero) is 1. The summed E-state index contributed by atoms with van der Waals surface area (Å²) in [6.45, 7) is 2.56. The van der Waals surface area contributed by atoms with E-state index in [0.717, 1.165) is 11.3 Å². The summed E-state index contributed by atoms with van der Waals surface area (Å²) in [5, 5.41) is 10.9. The molecule has 1 saturated heterocycles. The quantitative estimate of drug-likeness (QED) is 0.862. The molecule has 0 saturated carbocycles. The Hall–Kier alpha value is -1.92. The van der Waals surface area contributed by atoms with Gasteiger partial charge in [0, 0.05) is 11.6 Å². The minimum Gasteiger partial charge on any atom is -0.494 e. The molecule has 3 rings (SSSR count). The molecule has 1 aromatic heterocycles. The lowest BCUT2D eigenvalue weighted by molar-refractivity contribution is -0.114. The summed E-state index contributed by atoms with van der Waals surface area (Å²) in [6.07, 6.45) is 3.49. The number of thioether (sulfide) groups is 1. The zero-order chi connectivity index (χ0) is 15.5. The molecule has 112 valence electrons. The van der Waals surface area contributed by atoms with Gasteiger partial charge in [-0.05, 0) is 30.7 Å². The van der Waals surface area contributed by atoms with Gasteiger partial charge in [-0.15, -0.1) is 11.3 Å². The van der Waals surface area contributed by atoms with Crippen molar-refractivity contribution in [3.63, 3.8) is 0 Å². The van der Waals surface area contributed by atoms with E-state index in [4.69, 9.17) is 10.1 Å². The van der Waals surface area contributed by atoms with Gasteiger partial charge in [0.1, 0.15) is 16.7 Å². The number of benzene rings is 1. The van der Waals surface area contributed by atoms with E-state index < -0.39 is 5.92 Å². The largest absolute Gasteiger partial charge is 0.494 e. The monoisotopic (exact) mass is 330 g/mol. The Labute approximate surface area is 136 Å². The zero-order valence-corrected chi connectivity index (χ0v) is 13.5. The highest BCUT2D eigenvalue weighted by Gasteiger charge is 2.38. The molecule has 1 fully saturated rings. The minimum absolute atomic E-state index is 0.0427. The maximum absolute atomic E-state index is 12.5. The molecule has 4 nitrogen and oxygen atoms in total. The molecular weight excluding hydrogens is 316 g/mol. The third kappa shape index (κ3) is 2.98. The number of nitrogens with zero attached hydrogens (tertiary/aromatic N) is 1. The molecule has 0 amide bonds. The Balaban J connectivity index is 1.83. The standard InChI is InChI=1S/C16H14N2O2S2/c1-2-20-11-5-3-10(4-6-11)9-12-14(19)13(15(17)22-12)16-18-7-8-21-16/h3-9,13,17H,2H2,1H3. The van der Waals surface area contributed by atoms with Crippen molar-refractivity contribution in [2.45, 2.75) is 12.8 Å². The number of rotatable bonds is 4. The summed E-state index contributed by atoms with van der Waals surface area (Å²) in [7, 11) is 0. The number of ether oxygens (including phenoxy) is 1. The van der Waals surface area contributed by atoms with E-state index in [0.29, 0.717) is 21.6 Å². The van der Waals surface area contributed by atoms with Crippen molar-refractivity contribution in [3.05, 3.63) is 51.3 Å². The third-order valence-corrected chi connectivity index (χ3v) is 5.01. The van der Waals surface area contributed by atoms with E-state index in [9.17, 15) is 4.79 Å². The average Bonchev–Trinajstić information content (AvgIpc) is 3.11. The van der Waals surface area contributed by atoms with Crippen LogP contribution in [0.1, 0.15) is 23.4 Å². The van der Waals surface area contributed by atoms with Crippen molar-refractivity contribution >= 4 is 40.0 Å². The number of thiazole rings is 1. The molecule has 1 N–H and O–H groups in total. The molecule has 6 heteroatoms. The summed E-state index contributed by atoms with van der Waals surface area (Å²) in [6, 6.07) is 7.57. The van der Waals surface area contributed by atoms with Crippen LogP contribution >= 0.6 is 23.1 Å². The van der Waals surface area contributed by atoms with Crippen LogP contribution < -0.4 is 4.74 Å². The van der Waals surface area contributed by atoms with Gasteiger partial charge in [-0.25, -0.2) is 4.98 Å². The number of hydrogen-bond donors (Lipinski definition) is 1. The normalized spacial score (nSPS) is 19.9. The lowest BCUT2D eigenvalue weighted by atomic mass is 10.1. The first-order valence-corrected chi connectivity index (χ1v) is 8.53. The lowest BCUT2D eigenvalue weighted by Crippen LogP contribution is -2.11. The molecule has 0 spiro atoms. The zero-order valence-electron chi connectivity index (χ0n) is 11.9. The van der Waals surface area contributed by atoms with Gasteiger partial charge >= 0.3 is 0 Å². The molecule has 0 bridgehead atoms.